The van der Waals surface area contributed by atoms with Crippen molar-refractivity contribution in [1.82, 2.24) is 5.32 Å². The lowest BCUT2D eigenvalue weighted by Gasteiger charge is -2.21. The normalized spacial score (nSPS) is 17.7. The van der Waals surface area contributed by atoms with Crippen LogP contribution in [0.15, 0.2) is 36.4 Å². The first-order valence-corrected chi connectivity index (χ1v) is 9.44. The van der Waals surface area contributed by atoms with Crippen molar-refractivity contribution in [3.63, 3.8) is 0 Å². The maximum absolute atomic E-state index is 13.8. The van der Waals surface area contributed by atoms with Crippen LogP contribution in [-0.4, -0.2) is 18.2 Å². The number of hydrogen-bond acceptors (Lipinski definition) is 4. The maximum Gasteiger partial charge on any atom is 0.251 e. The number of halogens is 2. The lowest BCUT2D eigenvalue weighted by molar-refractivity contribution is -0.115. The van der Waals surface area contributed by atoms with Crippen molar-refractivity contribution in [3.05, 3.63) is 53.6 Å². The molecule has 1 saturated carbocycles. The molecule has 0 bridgehead atoms. The summed E-state index contributed by atoms with van der Waals surface area (Å²) in [6, 6.07) is 8.27. The van der Waals surface area contributed by atoms with Crippen molar-refractivity contribution < 1.29 is 23.0 Å². The number of ether oxygens (including phenoxy) is 2. The van der Waals surface area contributed by atoms with Crippen molar-refractivity contribution in [2.45, 2.75) is 44.4 Å². The molecule has 1 aliphatic heterocycles. The van der Waals surface area contributed by atoms with Gasteiger partial charge in [-0.15, -0.1) is 0 Å². The predicted molar refractivity (Wildman–Crippen MR) is 100 cm³/mol. The fraction of sp³-hybridized carbons (Fsp3) is 0.381. The van der Waals surface area contributed by atoms with E-state index in [0.717, 1.165) is 31.7 Å². The molecule has 1 fully saturated rings. The molecule has 1 spiro atoms. The van der Waals surface area contributed by atoms with Gasteiger partial charge in [-0.3, -0.25) is 4.79 Å². The van der Waals surface area contributed by atoms with Crippen LogP contribution in [-0.2, 0) is 4.79 Å². The van der Waals surface area contributed by atoms with Gasteiger partial charge in [0, 0.05) is 42.3 Å². The van der Waals surface area contributed by atoms with Crippen LogP contribution in [0.5, 0.6) is 11.5 Å². The lowest BCUT2D eigenvalue weighted by atomic mass is 10.1. The Bertz CT molecular complexity index is 897. The molecule has 148 valence electrons. The summed E-state index contributed by atoms with van der Waals surface area (Å²) in [7, 11) is 0. The van der Waals surface area contributed by atoms with E-state index in [2.05, 4.69) is 10.6 Å². The van der Waals surface area contributed by atoms with Crippen molar-refractivity contribution >= 4 is 11.6 Å². The van der Waals surface area contributed by atoms with E-state index in [-0.39, 0.29) is 12.5 Å². The standard InChI is InChI=1S/C21H22F2N2O3/c1-13(16-6-4-14(22)10-17(16)23)24-12-20(26)25-15-5-7-18-19(11-15)28-21(27-18)8-2-3-9-21/h4-7,10-11,13,24H,2-3,8-9,12H2,1H3,(H,25,26). The maximum atomic E-state index is 13.8. The molecule has 1 unspecified atom stereocenters. The van der Waals surface area contributed by atoms with Crippen LogP contribution in [0.25, 0.3) is 0 Å². The number of nitrogens with one attached hydrogen (secondary N) is 2. The molecular weight excluding hydrogens is 366 g/mol. The Balaban J connectivity index is 1.33. The number of amides is 1. The third-order valence-corrected chi connectivity index (χ3v) is 5.18. The molecule has 0 radical (unpaired) electrons. The third kappa shape index (κ3) is 3.80. The Labute approximate surface area is 162 Å². The van der Waals surface area contributed by atoms with E-state index in [9.17, 15) is 13.6 Å². The largest absolute Gasteiger partial charge is 0.448 e. The number of hydrogen-bond donors (Lipinski definition) is 2. The minimum atomic E-state index is -0.642. The van der Waals surface area contributed by atoms with E-state index in [0.29, 0.717) is 22.7 Å². The van der Waals surface area contributed by atoms with Crippen molar-refractivity contribution in [2.24, 2.45) is 0 Å². The van der Waals surface area contributed by atoms with Crippen LogP contribution >= 0.6 is 0 Å². The van der Waals surface area contributed by atoms with Gasteiger partial charge in [-0.1, -0.05) is 6.07 Å². The highest BCUT2D eigenvalue weighted by atomic mass is 19.1. The monoisotopic (exact) mass is 388 g/mol. The molecule has 1 aliphatic carbocycles. The van der Waals surface area contributed by atoms with Gasteiger partial charge in [-0.05, 0) is 38.0 Å². The second-order valence-electron chi connectivity index (χ2n) is 7.30. The average Bonchev–Trinajstić information content (AvgIpc) is 3.25. The van der Waals surface area contributed by atoms with E-state index in [1.807, 2.05) is 0 Å². The molecule has 2 aromatic carbocycles. The first kappa shape index (κ1) is 18.7. The second-order valence-corrected chi connectivity index (χ2v) is 7.30. The second kappa shape index (κ2) is 7.39. The van der Waals surface area contributed by atoms with Gasteiger partial charge in [0.1, 0.15) is 11.6 Å². The quantitative estimate of drug-likeness (QED) is 0.802. The van der Waals surface area contributed by atoms with Gasteiger partial charge in [-0.25, -0.2) is 8.78 Å². The summed E-state index contributed by atoms with van der Waals surface area (Å²) < 4.78 is 38.8. The summed E-state index contributed by atoms with van der Waals surface area (Å²) in [5.74, 6) is -0.761. The van der Waals surface area contributed by atoms with E-state index >= 15 is 0 Å². The Morgan fingerprint density at radius 3 is 2.61 bits per heavy atom. The van der Waals surface area contributed by atoms with Gasteiger partial charge in [-0.2, -0.15) is 0 Å². The molecule has 2 aliphatic rings. The van der Waals surface area contributed by atoms with Crippen LogP contribution in [0, 0.1) is 11.6 Å². The van der Waals surface area contributed by atoms with E-state index < -0.39 is 23.5 Å². The van der Waals surface area contributed by atoms with Gasteiger partial charge < -0.3 is 20.1 Å². The van der Waals surface area contributed by atoms with Gasteiger partial charge in [0.2, 0.25) is 5.91 Å². The predicted octanol–water partition coefficient (Wildman–Crippen LogP) is 4.30. The molecule has 1 heterocycles. The zero-order valence-electron chi connectivity index (χ0n) is 15.6. The summed E-state index contributed by atoms with van der Waals surface area (Å²) in [6.45, 7) is 1.70. The van der Waals surface area contributed by atoms with Gasteiger partial charge >= 0.3 is 0 Å². The molecule has 7 heteroatoms. The van der Waals surface area contributed by atoms with Crippen LogP contribution in [0.3, 0.4) is 0 Å². The van der Waals surface area contributed by atoms with Crippen LogP contribution < -0.4 is 20.1 Å². The summed E-state index contributed by atoms with van der Waals surface area (Å²) >= 11 is 0. The molecule has 0 aromatic heterocycles. The highest BCUT2D eigenvalue weighted by Crippen LogP contribution is 2.47. The number of fused-ring (bicyclic) bond motifs is 1. The third-order valence-electron chi connectivity index (χ3n) is 5.18. The topological polar surface area (TPSA) is 59.6 Å². The Hall–Kier alpha value is -2.67. The smallest absolute Gasteiger partial charge is 0.251 e. The minimum Gasteiger partial charge on any atom is -0.448 e. The first-order chi connectivity index (χ1) is 13.4. The molecule has 0 saturated heterocycles. The fourth-order valence-corrected chi connectivity index (χ4v) is 3.70. The molecule has 2 aromatic rings. The SMILES string of the molecule is CC(NCC(=O)Nc1ccc2c(c1)OC1(CCCC1)O2)c1ccc(F)cc1F. The van der Waals surface area contributed by atoms with Gasteiger partial charge in [0.15, 0.2) is 11.5 Å². The number of rotatable bonds is 5. The zero-order valence-corrected chi connectivity index (χ0v) is 15.6. The van der Waals surface area contributed by atoms with Crippen molar-refractivity contribution in [2.75, 3.05) is 11.9 Å². The summed E-state index contributed by atoms with van der Waals surface area (Å²) in [4.78, 5) is 12.2. The average molecular weight is 388 g/mol. The Morgan fingerprint density at radius 1 is 1.11 bits per heavy atom. The van der Waals surface area contributed by atoms with E-state index in [4.69, 9.17) is 9.47 Å². The number of anilines is 1. The summed E-state index contributed by atoms with van der Waals surface area (Å²) in [5, 5.41) is 5.73. The van der Waals surface area contributed by atoms with Gasteiger partial charge in [0.05, 0.1) is 6.54 Å². The van der Waals surface area contributed by atoms with Crippen LogP contribution in [0.4, 0.5) is 14.5 Å². The highest BCUT2D eigenvalue weighted by molar-refractivity contribution is 5.92. The number of benzene rings is 2. The van der Waals surface area contributed by atoms with Crippen molar-refractivity contribution in [1.29, 1.82) is 0 Å². The molecule has 1 atom stereocenters. The molecule has 5 nitrogen and oxygen atoms in total. The lowest BCUT2D eigenvalue weighted by Crippen LogP contribution is -2.34. The van der Waals surface area contributed by atoms with E-state index in [1.54, 1.807) is 25.1 Å². The zero-order chi connectivity index (χ0) is 19.7. The Morgan fingerprint density at radius 2 is 1.86 bits per heavy atom. The minimum absolute atomic E-state index is 0.0175. The van der Waals surface area contributed by atoms with Gasteiger partial charge in [0.25, 0.3) is 5.79 Å². The molecule has 4 rings (SSSR count). The highest BCUT2D eigenvalue weighted by Gasteiger charge is 2.44. The number of carbonyl (C=O) groups excluding carboxylic acids is 1. The van der Waals surface area contributed by atoms with Crippen molar-refractivity contribution in [3.8, 4) is 11.5 Å². The fourth-order valence-electron chi connectivity index (χ4n) is 3.70. The first-order valence-electron chi connectivity index (χ1n) is 9.44. The molecule has 2 N–H and O–H groups in total. The van der Waals surface area contributed by atoms with E-state index in [1.165, 1.54) is 12.1 Å². The Kier molecular flexibility index (Phi) is 4.93. The molecular formula is C21H22F2N2O3. The van der Waals surface area contributed by atoms with Crippen LogP contribution in [0.2, 0.25) is 0 Å². The molecule has 28 heavy (non-hydrogen) atoms. The summed E-state index contributed by atoms with van der Waals surface area (Å²) in [5.41, 5.74) is 0.906. The number of carbonyl (C=O) groups is 1. The molecule has 1 amide bonds. The summed E-state index contributed by atoms with van der Waals surface area (Å²) in [6.07, 6.45) is 3.89. The van der Waals surface area contributed by atoms with Crippen LogP contribution in [0.1, 0.15) is 44.2 Å².